The van der Waals surface area contributed by atoms with Gasteiger partial charge in [-0.2, -0.15) is 0 Å². The fourth-order valence-corrected chi connectivity index (χ4v) is 3.76. The highest BCUT2D eigenvalue weighted by molar-refractivity contribution is 8.04. The van der Waals surface area contributed by atoms with E-state index >= 15 is 0 Å². The van der Waals surface area contributed by atoms with Crippen LogP contribution in [0.1, 0.15) is 12.5 Å². The maximum Gasteiger partial charge on any atom is 0.272 e. The van der Waals surface area contributed by atoms with E-state index in [0.717, 1.165) is 4.90 Å². The summed E-state index contributed by atoms with van der Waals surface area (Å²) in [6.45, 7) is 1.94. The van der Waals surface area contributed by atoms with Gasteiger partial charge in [0.05, 0.1) is 26.2 Å². The molecule has 0 radical (unpaired) electrons. The Bertz CT molecular complexity index is 849. The minimum atomic E-state index is -0.383. The van der Waals surface area contributed by atoms with Crippen molar-refractivity contribution in [2.75, 3.05) is 10.7 Å². The zero-order valence-corrected chi connectivity index (χ0v) is 15.1. The second-order valence-electron chi connectivity index (χ2n) is 5.02. The molecule has 1 heterocycles. The van der Waals surface area contributed by atoms with Crippen molar-refractivity contribution < 1.29 is 9.59 Å². The predicted octanol–water partition coefficient (Wildman–Crippen LogP) is 5.03. The fraction of sp³-hybridized carbons (Fsp3) is 0.111. The van der Waals surface area contributed by atoms with Crippen LogP contribution in [0, 0.1) is 0 Å². The largest absolute Gasteiger partial charge is 0.272 e. The quantitative estimate of drug-likeness (QED) is 0.701. The van der Waals surface area contributed by atoms with Gasteiger partial charge in [-0.1, -0.05) is 66.5 Å². The molecule has 2 amide bonds. The van der Waals surface area contributed by atoms with Crippen LogP contribution in [0.5, 0.6) is 0 Å². The minimum Gasteiger partial charge on any atom is -0.268 e. The van der Waals surface area contributed by atoms with Crippen molar-refractivity contribution in [3.8, 4) is 0 Å². The van der Waals surface area contributed by atoms with E-state index in [-0.39, 0.29) is 16.8 Å². The van der Waals surface area contributed by atoms with Gasteiger partial charge < -0.3 is 0 Å². The van der Waals surface area contributed by atoms with Crippen LogP contribution in [-0.4, -0.2) is 17.6 Å². The van der Waals surface area contributed by atoms with E-state index < -0.39 is 0 Å². The molecule has 0 aromatic heterocycles. The Hall–Kier alpha value is -1.75. The number of carbonyl (C=O) groups excluding carboxylic acids is 2. The predicted molar refractivity (Wildman–Crippen MR) is 100 cm³/mol. The lowest BCUT2D eigenvalue weighted by Crippen LogP contribution is -2.31. The molecule has 0 saturated carbocycles. The second kappa shape index (κ2) is 7.01. The van der Waals surface area contributed by atoms with Crippen molar-refractivity contribution in [1.82, 2.24) is 0 Å². The number of hydrogen-bond donors (Lipinski definition) is 0. The van der Waals surface area contributed by atoms with E-state index in [4.69, 9.17) is 23.2 Å². The number of hydrogen-bond acceptors (Lipinski definition) is 3. The summed E-state index contributed by atoms with van der Waals surface area (Å²) in [5, 5.41) is 0.489. The summed E-state index contributed by atoms with van der Waals surface area (Å²) in [6, 6.07) is 14.1. The van der Waals surface area contributed by atoms with Gasteiger partial charge in [0.25, 0.3) is 11.8 Å². The van der Waals surface area contributed by atoms with Crippen molar-refractivity contribution in [3.63, 3.8) is 0 Å². The van der Waals surface area contributed by atoms with Gasteiger partial charge in [-0.3, -0.25) is 9.59 Å². The smallest absolute Gasteiger partial charge is 0.268 e. The Morgan fingerprint density at radius 1 is 0.958 bits per heavy atom. The molecule has 0 unspecified atom stereocenters. The topological polar surface area (TPSA) is 37.4 Å². The van der Waals surface area contributed by atoms with Gasteiger partial charge in [0.2, 0.25) is 0 Å². The first-order valence-electron chi connectivity index (χ1n) is 7.31. The second-order valence-corrected chi connectivity index (χ2v) is 7.08. The average Bonchev–Trinajstić information content (AvgIpc) is 2.82. The molecule has 2 aromatic carbocycles. The number of amides is 2. The summed E-state index contributed by atoms with van der Waals surface area (Å²) in [5.41, 5.74) is 1.43. The Morgan fingerprint density at radius 2 is 1.67 bits per heavy atom. The molecule has 0 spiro atoms. The third-order valence-corrected chi connectivity index (χ3v) is 5.33. The van der Waals surface area contributed by atoms with E-state index in [1.54, 1.807) is 18.2 Å². The van der Waals surface area contributed by atoms with Gasteiger partial charge in [-0.05, 0) is 23.4 Å². The summed E-state index contributed by atoms with van der Waals surface area (Å²) in [5.74, 6) is -0.0666. The molecule has 3 rings (SSSR count). The summed E-state index contributed by atoms with van der Waals surface area (Å²) >= 11 is 13.6. The van der Waals surface area contributed by atoms with Gasteiger partial charge in [-0.15, -0.1) is 11.8 Å². The lowest BCUT2D eigenvalue weighted by Gasteiger charge is -2.17. The normalized spacial score (nSPS) is 14.7. The number of benzene rings is 2. The molecule has 3 nitrogen and oxygen atoms in total. The lowest BCUT2D eigenvalue weighted by atomic mass is 10.1. The van der Waals surface area contributed by atoms with Crippen molar-refractivity contribution >= 4 is 58.0 Å². The lowest BCUT2D eigenvalue weighted by molar-refractivity contribution is -0.119. The monoisotopic (exact) mass is 377 g/mol. The molecular formula is C18H13Cl2NO2S. The molecule has 0 atom stereocenters. The Kier molecular flexibility index (Phi) is 4.99. The number of nitrogens with zero attached hydrogens (tertiary/aromatic N) is 1. The first-order valence-corrected chi connectivity index (χ1v) is 9.05. The Balaban J connectivity index is 2.14. The number of carbonyl (C=O) groups is 2. The highest BCUT2D eigenvalue weighted by Crippen LogP contribution is 2.41. The van der Waals surface area contributed by atoms with Crippen molar-refractivity contribution in [1.29, 1.82) is 0 Å². The molecule has 0 fully saturated rings. The average molecular weight is 378 g/mol. The molecule has 1 aliphatic rings. The molecule has 0 saturated heterocycles. The first-order chi connectivity index (χ1) is 11.6. The highest BCUT2D eigenvalue weighted by atomic mass is 35.5. The number of anilines is 1. The van der Waals surface area contributed by atoms with Crippen LogP contribution < -0.4 is 4.90 Å². The number of imide groups is 1. The van der Waals surface area contributed by atoms with Crippen LogP contribution in [0.4, 0.5) is 5.69 Å². The van der Waals surface area contributed by atoms with Crippen molar-refractivity contribution in [3.05, 3.63) is 69.0 Å². The van der Waals surface area contributed by atoms with E-state index in [2.05, 4.69) is 0 Å². The van der Waals surface area contributed by atoms with Crippen LogP contribution in [0.25, 0.3) is 5.57 Å². The van der Waals surface area contributed by atoms with Crippen molar-refractivity contribution in [2.45, 2.75) is 6.92 Å². The maximum absolute atomic E-state index is 13.0. The summed E-state index contributed by atoms with van der Waals surface area (Å²) < 4.78 is 0. The standard InChI is InChI=1S/C18H13Cl2NO2S/c1-2-24-16-14(11-7-4-3-5-8-11)17(22)21(18(16)23)13-10-6-9-12(19)15(13)20/h3-10H,2H2,1H3. The summed E-state index contributed by atoms with van der Waals surface area (Å²) in [7, 11) is 0. The van der Waals surface area contributed by atoms with Crippen LogP contribution in [0.15, 0.2) is 53.4 Å². The molecule has 122 valence electrons. The molecule has 2 aromatic rings. The minimum absolute atomic E-state index is 0.191. The Labute approximate surface area is 154 Å². The van der Waals surface area contributed by atoms with Gasteiger partial charge in [0.15, 0.2) is 0 Å². The molecule has 24 heavy (non-hydrogen) atoms. The van der Waals surface area contributed by atoms with Crippen LogP contribution >= 0.6 is 35.0 Å². The van der Waals surface area contributed by atoms with Crippen LogP contribution in [-0.2, 0) is 9.59 Å². The SMILES string of the molecule is CCSC1=C(c2ccccc2)C(=O)N(c2cccc(Cl)c2Cl)C1=O. The molecule has 1 aliphatic heterocycles. The summed E-state index contributed by atoms with van der Waals surface area (Å²) in [6.07, 6.45) is 0. The van der Waals surface area contributed by atoms with Crippen LogP contribution in [0.3, 0.4) is 0 Å². The third-order valence-electron chi connectivity index (χ3n) is 3.56. The zero-order valence-electron chi connectivity index (χ0n) is 12.8. The maximum atomic E-state index is 13.0. The molecular weight excluding hydrogens is 365 g/mol. The molecule has 0 N–H and O–H groups in total. The zero-order chi connectivity index (χ0) is 17.3. The van der Waals surface area contributed by atoms with Gasteiger partial charge in [0, 0.05) is 0 Å². The number of rotatable bonds is 4. The molecule has 6 heteroatoms. The fourth-order valence-electron chi connectivity index (χ4n) is 2.53. The van der Waals surface area contributed by atoms with Crippen molar-refractivity contribution in [2.24, 2.45) is 0 Å². The Morgan fingerprint density at radius 3 is 2.33 bits per heavy atom. The van der Waals surface area contributed by atoms with E-state index in [1.807, 2.05) is 37.3 Å². The van der Waals surface area contributed by atoms with Gasteiger partial charge in [-0.25, -0.2) is 4.90 Å². The number of thioether (sulfide) groups is 1. The molecule has 0 bridgehead atoms. The molecule has 0 aliphatic carbocycles. The summed E-state index contributed by atoms with van der Waals surface area (Å²) in [4.78, 5) is 27.4. The van der Waals surface area contributed by atoms with E-state index in [1.165, 1.54) is 11.8 Å². The highest BCUT2D eigenvalue weighted by Gasteiger charge is 2.40. The van der Waals surface area contributed by atoms with E-state index in [0.29, 0.717) is 32.5 Å². The van der Waals surface area contributed by atoms with Gasteiger partial charge >= 0.3 is 0 Å². The van der Waals surface area contributed by atoms with E-state index in [9.17, 15) is 9.59 Å². The first kappa shape index (κ1) is 17.1. The van der Waals surface area contributed by atoms with Crippen LogP contribution in [0.2, 0.25) is 10.0 Å². The number of halogens is 2. The third kappa shape index (κ3) is 2.86. The van der Waals surface area contributed by atoms with Gasteiger partial charge in [0.1, 0.15) is 0 Å².